The van der Waals surface area contributed by atoms with Crippen molar-refractivity contribution < 1.29 is 14.6 Å². The molecule has 2 heterocycles. The Labute approximate surface area is 203 Å². The number of nitrogens with zero attached hydrogens (tertiary/aromatic N) is 2. The summed E-state index contributed by atoms with van der Waals surface area (Å²) < 4.78 is 6.14. The maximum absolute atomic E-state index is 13.5. The maximum atomic E-state index is 13.5. The third kappa shape index (κ3) is 7.56. The first-order chi connectivity index (χ1) is 15.9. The quantitative estimate of drug-likeness (QED) is 0.469. The number of aryl methyl sites for hydroxylation is 1. The normalized spacial score (nSPS) is 16.8. The van der Waals surface area contributed by atoms with Crippen LogP contribution in [0.5, 0.6) is 5.75 Å². The summed E-state index contributed by atoms with van der Waals surface area (Å²) in [6, 6.07) is 10.1. The molecule has 1 aliphatic rings. The number of hydrogen-bond donors (Lipinski definition) is 1. The number of hydrogen-bond acceptors (Lipinski definition) is 5. The second kappa shape index (κ2) is 12.5. The number of aliphatic hydroxyl groups excluding tert-OH is 1. The van der Waals surface area contributed by atoms with Crippen LogP contribution < -0.4 is 4.74 Å². The number of fused-ring (bicyclic) bond motifs is 1. The molecule has 1 aliphatic heterocycles. The van der Waals surface area contributed by atoms with Gasteiger partial charge in [-0.2, -0.15) is 0 Å². The number of rotatable bonds is 12. The number of aliphatic hydroxyl groups is 1. The average Bonchev–Trinajstić information content (AvgIpc) is 3.26. The van der Waals surface area contributed by atoms with Crippen LogP contribution in [0.3, 0.4) is 0 Å². The minimum absolute atomic E-state index is 0.0821. The fraction of sp³-hybridized carbons (Fsp3) is 0.593. The van der Waals surface area contributed by atoms with E-state index in [1.165, 1.54) is 16.0 Å². The fourth-order valence-electron chi connectivity index (χ4n) is 4.36. The molecule has 2 aromatic rings. The topological polar surface area (TPSA) is 53.0 Å². The molecule has 1 N–H and O–H groups in total. The van der Waals surface area contributed by atoms with Crippen LogP contribution in [-0.4, -0.2) is 59.7 Å². The average molecular weight is 473 g/mol. The molecule has 5 nitrogen and oxygen atoms in total. The number of carbonyl (C=O) groups excluding carboxylic acids is 1. The Morgan fingerprint density at radius 1 is 1.24 bits per heavy atom. The number of ether oxygens (including phenoxy) is 1. The van der Waals surface area contributed by atoms with E-state index in [0.717, 1.165) is 38.0 Å². The highest BCUT2D eigenvalue weighted by Gasteiger charge is 2.33. The van der Waals surface area contributed by atoms with Crippen LogP contribution in [0.1, 0.15) is 62.1 Å². The van der Waals surface area contributed by atoms with Gasteiger partial charge in [0.05, 0.1) is 18.7 Å². The van der Waals surface area contributed by atoms with Crippen molar-refractivity contribution in [2.45, 2.75) is 65.5 Å². The second-order valence-electron chi connectivity index (χ2n) is 9.64. The van der Waals surface area contributed by atoms with Crippen molar-refractivity contribution >= 4 is 17.2 Å². The summed E-state index contributed by atoms with van der Waals surface area (Å²) in [4.78, 5) is 19.0. The number of amides is 1. The maximum Gasteiger partial charge on any atom is 0.237 e. The van der Waals surface area contributed by atoms with Crippen LogP contribution in [0.25, 0.3) is 0 Å². The molecule has 6 heteroatoms. The van der Waals surface area contributed by atoms with Gasteiger partial charge in [0.2, 0.25) is 5.91 Å². The molecule has 0 radical (unpaired) electrons. The monoisotopic (exact) mass is 472 g/mol. The van der Waals surface area contributed by atoms with Crippen molar-refractivity contribution in [1.82, 2.24) is 9.80 Å². The molecule has 1 amide bonds. The second-order valence-corrected chi connectivity index (χ2v) is 10.6. The Morgan fingerprint density at radius 2 is 2.00 bits per heavy atom. The molecule has 182 valence electrons. The molecule has 0 spiro atoms. The van der Waals surface area contributed by atoms with Crippen molar-refractivity contribution in [3.05, 3.63) is 51.7 Å². The molecular weight excluding hydrogens is 432 g/mol. The lowest BCUT2D eigenvalue weighted by Gasteiger charge is -2.37. The van der Waals surface area contributed by atoms with Crippen LogP contribution in [0, 0.1) is 12.8 Å². The highest BCUT2D eigenvalue weighted by molar-refractivity contribution is 7.10. The van der Waals surface area contributed by atoms with Crippen molar-refractivity contribution in [2.24, 2.45) is 5.92 Å². The van der Waals surface area contributed by atoms with Gasteiger partial charge in [0.25, 0.3) is 0 Å². The van der Waals surface area contributed by atoms with E-state index in [1.807, 2.05) is 29.2 Å². The van der Waals surface area contributed by atoms with Gasteiger partial charge in [-0.25, -0.2) is 0 Å². The van der Waals surface area contributed by atoms with Gasteiger partial charge in [0, 0.05) is 18.0 Å². The van der Waals surface area contributed by atoms with Gasteiger partial charge in [-0.05, 0) is 67.8 Å². The Morgan fingerprint density at radius 3 is 2.70 bits per heavy atom. The van der Waals surface area contributed by atoms with Gasteiger partial charge in [-0.3, -0.25) is 9.69 Å². The van der Waals surface area contributed by atoms with E-state index >= 15 is 0 Å². The van der Waals surface area contributed by atoms with Crippen molar-refractivity contribution in [1.29, 1.82) is 0 Å². The van der Waals surface area contributed by atoms with Crippen LogP contribution >= 0.6 is 11.3 Å². The molecule has 2 unspecified atom stereocenters. The van der Waals surface area contributed by atoms with E-state index in [4.69, 9.17) is 4.74 Å². The highest BCUT2D eigenvalue weighted by Crippen LogP contribution is 2.34. The number of carbonyl (C=O) groups is 1. The Kier molecular flexibility index (Phi) is 9.78. The zero-order valence-corrected chi connectivity index (χ0v) is 21.4. The van der Waals surface area contributed by atoms with Crippen LogP contribution in [0.4, 0.5) is 0 Å². The molecule has 0 fully saturated rings. The molecule has 33 heavy (non-hydrogen) atoms. The summed E-state index contributed by atoms with van der Waals surface area (Å²) >= 11 is 1.77. The Balaban J connectivity index is 1.71. The van der Waals surface area contributed by atoms with E-state index in [2.05, 4.69) is 44.0 Å². The smallest absolute Gasteiger partial charge is 0.237 e. The van der Waals surface area contributed by atoms with Gasteiger partial charge >= 0.3 is 0 Å². The fourth-order valence-corrected chi connectivity index (χ4v) is 5.29. The molecule has 3 rings (SSSR count). The summed E-state index contributed by atoms with van der Waals surface area (Å²) in [5.41, 5.74) is 2.41. The third-order valence-electron chi connectivity index (χ3n) is 6.32. The van der Waals surface area contributed by atoms with E-state index in [9.17, 15) is 9.90 Å². The lowest BCUT2D eigenvalue weighted by molar-refractivity contribution is -0.136. The molecule has 1 aromatic heterocycles. The first-order valence-corrected chi connectivity index (χ1v) is 13.2. The summed E-state index contributed by atoms with van der Waals surface area (Å²) in [6.07, 6.45) is 3.23. The van der Waals surface area contributed by atoms with Crippen LogP contribution in [-0.2, 0) is 11.2 Å². The molecule has 0 saturated heterocycles. The molecule has 0 saturated carbocycles. The van der Waals surface area contributed by atoms with E-state index < -0.39 is 0 Å². The van der Waals surface area contributed by atoms with Crippen molar-refractivity contribution in [2.75, 3.05) is 32.8 Å². The summed E-state index contributed by atoms with van der Waals surface area (Å²) in [5.74, 6) is 1.51. The lowest BCUT2D eigenvalue weighted by atomic mass is 10.00. The summed E-state index contributed by atoms with van der Waals surface area (Å²) in [7, 11) is 0. The van der Waals surface area contributed by atoms with Gasteiger partial charge in [-0.1, -0.05) is 44.9 Å². The van der Waals surface area contributed by atoms with E-state index in [-0.39, 0.29) is 18.1 Å². The minimum atomic E-state index is -0.388. The molecule has 0 aliphatic carbocycles. The Hall–Kier alpha value is -1.89. The van der Waals surface area contributed by atoms with Gasteiger partial charge < -0.3 is 14.7 Å². The zero-order chi connectivity index (χ0) is 23.8. The lowest BCUT2D eigenvalue weighted by Crippen LogP contribution is -2.48. The number of benzene rings is 1. The molecule has 2 atom stereocenters. The van der Waals surface area contributed by atoms with Crippen molar-refractivity contribution in [3.8, 4) is 5.75 Å². The Bertz CT molecular complexity index is 865. The largest absolute Gasteiger partial charge is 0.491 e. The van der Waals surface area contributed by atoms with E-state index in [0.29, 0.717) is 32.2 Å². The standard InChI is InChI=1S/C27H40N2O3S/c1-5-6-22(30)17-28(14-11-20(2)3)18-27(31)29-15-12-26-24(13-16-33-26)25(29)19-32-23-9-7-21(4)8-10-23/h7-10,13,16,20,22,25,30H,5-6,11-12,14-15,17-19H2,1-4H3. The highest BCUT2D eigenvalue weighted by atomic mass is 32.1. The minimum Gasteiger partial charge on any atom is -0.491 e. The predicted octanol–water partition coefficient (Wildman–Crippen LogP) is 5.07. The van der Waals surface area contributed by atoms with Crippen LogP contribution in [0.2, 0.25) is 0 Å². The van der Waals surface area contributed by atoms with Gasteiger partial charge in [0.1, 0.15) is 12.4 Å². The molecule has 1 aromatic carbocycles. The van der Waals surface area contributed by atoms with Gasteiger partial charge in [0.15, 0.2) is 0 Å². The van der Waals surface area contributed by atoms with Crippen LogP contribution in [0.15, 0.2) is 35.7 Å². The van der Waals surface area contributed by atoms with E-state index in [1.54, 1.807) is 11.3 Å². The third-order valence-corrected chi connectivity index (χ3v) is 7.31. The number of thiophene rings is 1. The van der Waals surface area contributed by atoms with Crippen molar-refractivity contribution in [3.63, 3.8) is 0 Å². The first kappa shape index (κ1) is 25.7. The zero-order valence-electron chi connectivity index (χ0n) is 20.6. The predicted molar refractivity (Wildman–Crippen MR) is 136 cm³/mol. The summed E-state index contributed by atoms with van der Waals surface area (Å²) in [5, 5.41) is 12.5. The summed E-state index contributed by atoms with van der Waals surface area (Å²) in [6.45, 7) is 11.4. The first-order valence-electron chi connectivity index (χ1n) is 12.3. The SMILES string of the molecule is CCCC(O)CN(CCC(C)C)CC(=O)N1CCc2sccc2C1COc1ccc(C)cc1. The molecular formula is C27H40N2O3S. The molecule has 0 bridgehead atoms. The van der Waals surface area contributed by atoms with Gasteiger partial charge in [-0.15, -0.1) is 11.3 Å².